The lowest BCUT2D eigenvalue weighted by Gasteiger charge is -2.12. The minimum atomic E-state index is 1.30. The molecule has 3 aromatic rings. The average Bonchev–Trinajstić information content (AvgIpc) is 2.47. The Morgan fingerprint density at radius 3 is 1.86 bits per heavy atom. The predicted octanol–water partition coefficient (Wildman–Crippen LogP) is 6.05. The number of rotatable bonds is 1. The summed E-state index contributed by atoms with van der Waals surface area (Å²) in [4.78, 5) is 0. The zero-order valence-electron chi connectivity index (χ0n) is 13.5. The van der Waals surface area contributed by atoms with Crippen LogP contribution in [0.25, 0.3) is 21.9 Å². The monoisotopic (exact) mass is 274 g/mol. The first-order valence-corrected chi connectivity index (χ1v) is 7.55. The van der Waals surface area contributed by atoms with Crippen molar-refractivity contribution in [2.75, 3.05) is 0 Å². The zero-order valence-corrected chi connectivity index (χ0v) is 13.5. The molecule has 3 aromatic carbocycles. The second kappa shape index (κ2) is 5.04. The molecule has 0 saturated carbocycles. The van der Waals surface area contributed by atoms with Gasteiger partial charge in [-0.25, -0.2) is 0 Å². The number of aryl methyl sites for hydroxylation is 5. The Hall–Kier alpha value is -2.08. The Labute approximate surface area is 127 Å². The third-order valence-corrected chi connectivity index (χ3v) is 4.71. The summed E-state index contributed by atoms with van der Waals surface area (Å²) in [5, 5.41) is 2.74. The lowest BCUT2D eigenvalue weighted by atomic mass is 9.93. The fourth-order valence-electron chi connectivity index (χ4n) is 3.02. The molecule has 0 unspecified atom stereocenters. The number of benzene rings is 3. The Bertz CT molecular complexity index is 838. The fourth-order valence-corrected chi connectivity index (χ4v) is 3.02. The highest BCUT2D eigenvalue weighted by Crippen LogP contribution is 2.30. The molecule has 0 heteroatoms. The lowest BCUT2D eigenvalue weighted by Crippen LogP contribution is -1.89. The van der Waals surface area contributed by atoms with Gasteiger partial charge in [0.05, 0.1) is 0 Å². The molecule has 0 nitrogen and oxygen atoms in total. The summed E-state index contributed by atoms with van der Waals surface area (Å²) in [7, 11) is 0. The van der Waals surface area contributed by atoms with Crippen molar-refractivity contribution in [3.63, 3.8) is 0 Å². The summed E-state index contributed by atoms with van der Waals surface area (Å²) < 4.78 is 0. The van der Waals surface area contributed by atoms with E-state index in [1.54, 1.807) is 0 Å². The molecular formula is C21H22. The molecule has 0 amide bonds. The van der Waals surface area contributed by atoms with Gasteiger partial charge < -0.3 is 0 Å². The predicted molar refractivity (Wildman–Crippen MR) is 93.1 cm³/mol. The van der Waals surface area contributed by atoms with E-state index in [9.17, 15) is 0 Å². The maximum atomic E-state index is 2.33. The van der Waals surface area contributed by atoms with Gasteiger partial charge in [-0.3, -0.25) is 0 Å². The van der Waals surface area contributed by atoms with E-state index in [4.69, 9.17) is 0 Å². The molecular weight excluding hydrogens is 252 g/mol. The van der Waals surface area contributed by atoms with Crippen molar-refractivity contribution in [3.8, 4) is 11.1 Å². The van der Waals surface area contributed by atoms with Crippen LogP contribution in [0.4, 0.5) is 0 Å². The maximum absolute atomic E-state index is 2.33. The van der Waals surface area contributed by atoms with E-state index in [1.807, 2.05) is 0 Å². The second-order valence-corrected chi connectivity index (χ2v) is 6.19. The van der Waals surface area contributed by atoms with Gasteiger partial charge in [-0.15, -0.1) is 0 Å². The van der Waals surface area contributed by atoms with Gasteiger partial charge in [0.2, 0.25) is 0 Å². The molecule has 0 spiro atoms. The summed E-state index contributed by atoms with van der Waals surface area (Å²) in [5.41, 5.74) is 9.43. The minimum Gasteiger partial charge on any atom is -0.0584 e. The van der Waals surface area contributed by atoms with Crippen LogP contribution in [-0.2, 0) is 0 Å². The van der Waals surface area contributed by atoms with Gasteiger partial charge in [-0.05, 0) is 90.4 Å². The molecule has 0 aliphatic heterocycles. The Morgan fingerprint density at radius 1 is 0.476 bits per heavy atom. The van der Waals surface area contributed by atoms with Gasteiger partial charge in [0, 0.05) is 0 Å². The van der Waals surface area contributed by atoms with Crippen molar-refractivity contribution >= 4 is 10.8 Å². The molecule has 0 aliphatic rings. The SMILES string of the molecule is Cc1ccc(-c2ccc3c(C)c(C)cc(C)c3c2)cc1C. The Balaban J connectivity index is 2.24. The van der Waals surface area contributed by atoms with Gasteiger partial charge >= 0.3 is 0 Å². The van der Waals surface area contributed by atoms with Gasteiger partial charge in [0.1, 0.15) is 0 Å². The first-order valence-electron chi connectivity index (χ1n) is 7.55. The molecule has 0 fully saturated rings. The van der Waals surface area contributed by atoms with E-state index in [2.05, 4.69) is 77.1 Å². The van der Waals surface area contributed by atoms with Crippen LogP contribution in [0.15, 0.2) is 42.5 Å². The molecule has 106 valence electrons. The topological polar surface area (TPSA) is 0 Å². The van der Waals surface area contributed by atoms with Crippen LogP contribution in [0.3, 0.4) is 0 Å². The van der Waals surface area contributed by atoms with E-state index in [-0.39, 0.29) is 0 Å². The van der Waals surface area contributed by atoms with Crippen molar-refractivity contribution in [1.82, 2.24) is 0 Å². The fraction of sp³-hybridized carbons (Fsp3) is 0.238. The number of hydrogen-bond donors (Lipinski definition) is 0. The van der Waals surface area contributed by atoms with Gasteiger partial charge in [-0.1, -0.05) is 36.4 Å². The highest BCUT2D eigenvalue weighted by molar-refractivity contribution is 5.93. The smallest absolute Gasteiger partial charge is 0.0146 e. The highest BCUT2D eigenvalue weighted by Gasteiger charge is 2.07. The Kier molecular flexibility index (Phi) is 3.33. The minimum absolute atomic E-state index is 1.30. The summed E-state index contributed by atoms with van der Waals surface area (Å²) in [6, 6.07) is 15.9. The molecule has 3 rings (SSSR count). The van der Waals surface area contributed by atoms with E-state index in [0.717, 1.165) is 0 Å². The molecule has 0 N–H and O–H groups in total. The summed E-state index contributed by atoms with van der Waals surface area (Å²) >= 11 is 0. The highest BCUT2D eigenvalue weighted by atomic mass is 14.1. The van der Waals surface area contributed by atoms with Crippen LogP contribution in [0.2, 0.25) is 0 Å². The van der Waals surface area contributed by atoms with Crippen LogP contribution < -0.4 is 0 Å². The van der Waals surface area contributed by atoms with E-state index in [0.29, 0.717) is 0 Å². The van der Waals surface area contributed by atoms with Crippen molar-refractivity contribution < 1.29 is 0 Å². The Morgan fingerprint density at radius 2 is 1.14 bits per heavy atom. The van der Waals surface area contributed by atoms with Crippen molar-refractivity contribution in [3.05, 3.63) is 70.3 Å². The molecule has 0 heterocycles. The normalized spacial score (nSPS) is 11.1. The first-order chi connectivity index (χ1) is 9.97. The molecule has 21 heavy (non-hydrogen) atoms. The van der Waals surface area contributed by atoms with Crippen molar-refractivity contribution in [2.24, 2.45) is 0 Å². The number of fused-ring (bicyclic) bond motifs is 1. The molecule has 0 aromatic heterocycles. The molecule has 0 atom stereocenters. The van der Waals surface area contributed by atoms with Gasteiger partial charge in [0.15, 0.2) is 0 Å². The largest absolute Gasteiger partial charge is 0.0584 e. The average molecular weight is 274 g/mol. The van der Waals surface area contributed by atoms with Crippen LogP contribution in [0.1, 0.15) is 27.8 Å². The van der Waals surface area contributed by atoms with Crippen LogP contribution >= 0.6 is 0 Å². The number of hydrogen-bond acceptors (Lipinski definition) is 0. The van der Waals surface area contributed by atoms with Crippen molar-refractivity contribution in [1.29, 1.82) is 0 Å². The van der Waals surface area contributed by atoms with E-state index < -0.39 is 0 Å². The van der Waals surface area contributed by atoms with Gasteiger partial charge in [0.25, 0.3) is 0 Å². The third-order valence-electron chi connectivity index (χ3n) is 4.71. The standard InChI is InChI=1S/C21H22/c1-13-6-7-18(11-14(13)2)19-8-9-20-17(5)15(3)10-16(4)21(20)12-19/h6-12H,1-5H3. The van der Waals surface area contributed by atoms with E-state index in [1.165, 1.54) is 49.7 Å². The first kappa shape index (κ1) is 13.9. The van der Waals surface area contributed by atoms with Crippen LogP contribution in [0, 0.1) is 34.6 Å². The molecule has 0 bridgehead atoms. The maximum Gasteiger partial charge on any atom is -0.0146 e. The van der Waals surface area contributed by atoms with Crippen LogP contribution in [0.5, 0.6) is 0 Å². The molecule has 0 radical (unpaired) electrons. The quantitative estimate of drug-likeness (QED) is 0.507. The van der Waals surface area contributed by atoms with E-state index >= 15 is 0 Å². The van der Waals surface area contributed by atoms with Crippen LogP contribution in [-0.4, -0.2) is 0 Å². The third kappa shape index (κ3) is 2.35. The van der Waals surface area contributed by atoms with Gasteiger partial charge in [-0.2, -0.15) is 0 Å². The second-order valence-electron chi connectivity index (χ2n) is 6.19. The summed E-state index contributed by atoms with van der Waals surface area (Å²) in [6.45, 7) is 11.0. The zero-order chi connectivity index (χ0) is 15.1. The molecule has 0 saturated heterocycles. The lowest BCUT2D eigenvalue weighted by molar-refractivity contribution is 1.34. The summed E-state index contributed by atoms with van der Waals surface area (Å²) in [5.74, 6) is 0. The van der Waals surface area contributed by atoms with Crippen molar-refractivity contribution in [2.45, 2.75) is 34.6 Å². The summed E-state index contributed by atoms with van der Waals surface area (Å²) in [6.07, 6.45) is 0. The molecule has 0 aliphatic carbocycles.